The van der Waals surface area contributed by atoms with Gasteiger partial charge in [0.25, 0.3) is 11.6 Å². The van der Waals surface area contributed by atoms with Crippen LogP contribution in [-0.2, 0) is 4.79 Å². The zero-order valence-corrected chi connectivity index (χ0v) is 12.0. The molecule has 1 aromatic heterocycles. The Morgan fingerprint density at radius 2 is 2.19 bits per heavy atom. The van der Waals surface area contributed by atoms with Gasteiger partial charge in [-0.05, 0) is 20.3 Å². The molecule has 0 radical (unpaired) electrons. The fourth-order valence-corrected chi connectivity index (χ4v) is 2.30. The first-order valence-electron chi connectivity index (χ1n) is 6.82. The summed E-state index contributed by atoms with van der Waals surface area (Å²) in [6.45, 7) is 4.66. The standard InChI is InChI=1S/C13H18N4O4/c1-9(2)16-7-10(17(20)21)6-11(16)13(19)15-5-3-4-14-12(18)8-15/h6-7,9H,3-5,8H2,1-2H3,(H,14,18). The summed E-state index contributed by atoms with van der Waals surface area (Å²) >= 11 is 0. The molecule has 2 rings (SSSR count). The van der Waals surface area contributed by atoms with Gasteiger partial charge in [-0.1, -0.05) is 0 Å². The van der Waals surface area contributed by atoms with E-state index in [4.69, 9.17) is 0 Å². The molecule has 0 aromatic carbocycles. The molecule has 1 N–H and O–H groups in total. The second kappa shape index (κ2) is 5.94. The van der Waals surface area contributed by atoms with Gasteiger partial charge in [-0.15, -0.1) is 0 Å². The van der Waals surface area contributed by atoms with E-state index in [1.165, 1.54) is 17.2 Å². The summed E-state index contributed by atoms with van der Waals surface area (Å²) in [6.07, 6.45) is 2.03. The van der Waals surface area contributed by atoms with Crippen molar-refractivity contribution in [1.29, 1.82) is 0 Å². The number of rotatable bonds is 3. The Morgan fingerprint density at radius 1 is 1.48 bits per heavy atom. The van der Waals surface area contributed by atoms with Crippen molar-refractivity contribution in [1.82, 2.24) is 14.8 Å². The number of nitrogens with one attached hydrogen (secondary N) is 1. The number of hydrogen-bond donors (Lipinski definition) is 1. The van der Waals surface area contributed by atoms with E-state index in [1.807, 2.05) is 13.8 Å². The van der Waals surface area contributed by atoms with Crippen molar-refractivity contribution in [2.24, 2.45) is 0 Å². The maximum atomic E-state index is 12.6. The van der Waals surface area contributed by atoms with Crippen molar-refractivity contribution in [3.8, 4) is 0 Å². The molecule has 1 fully saturated rings. The average Bonchev–Trinajstić information content (AvgIpc) is 2.76. The third-order valence-electron chi connectivity index (χ3n) is 3.37. The average molecular weight is 294 g/mol. The van der Waals surface area contributed by atoms with Crippen LogP contribution in [0.3, 0.4) is 0 Å². The molecule has 0 spiro atoms. The van der Waals surface area contributed by atoms with Gasteiger partial charge in [0.15, 0.2) is 0 Å². The molecule has 21 heavy (non-hydrogen) atoms. The summed E-state index contributed by atoms with van der Waals surface area (Å²) in [5.41, 5.74) is 0.123. The largest absolute Gasteiger partial charge is 0.354 e. The van der Waals surface area contributed by atoms with E-state index < -0.39 is 4.92 Å². The lowest BCUT2D eigenvalue weighted by Gasteiger charge is -2.20. The predicted molar refractivity (Wildman–Crippen MR) is 75.0 cm³/mol. The fraction of sp³-hybridized carbons (Fsp3) is 0.538. The van der Waals surface area contributed by atoms with Crippen LogP contribution in [0.1, 0.15) is 36.8 Å². The lowest BCUT2D eigenvalue weighted by atomic mass is 10.3. The van der Waals surface area contributed by atoms with Crippen LogP contribution in [0.2, 0.25) is 0 Å². The smallest absolute Gasteiger partial charge is 0.287 e. The minimum absolute atomic E-state index is 0.0180. The van der Waals surface area contributed by atoms with Crippen LogP contribution in [0.25, 0.3) is 0 Å². The van der Waals surface area contributed by atoms with E-state index in [0.717, 1.165) is 0 Å². The summed E-state index contributed by atoms with van der Waals surface area (Å²) in [6, 6.07) is 1.18. The Morgan fingerprint density at radius 3 is 2.81 bits per heavy atom. The van der Waals surface area contributed by atoms with Crippen LogP contribution in [0.4, 0.5) is 5.69 Å². The van der Waals surface area contributed by atoms with Gasteiger partial charge in [-0.25, -0.2) is 0 Å². The Balaban J connectivity index is 2.32. The number of amides is 2. The zero-order chi connectivity index (χ0) is 15.6. The van der Waals surface area contributed by atoms with Crippen molar-refractivity contribution in [2.45, 2.75) is 26.3 Å². The predicted octanol–water partition coefficient (Wildman–Crippen LogP) is 0.939. The lowest BCUT2D eigenvalue weighted by molar-refractivity contribution is -0.384. The highest BCUT2D eigenvalue weighted by Crippen LogP contribution is 2.22. The molecular weight excluding hydrogens is 276 g/mol. The van der Waals surface area contributed by atoms with E-state index >= 15 is 0 Å². The summed E-state index contributed by atoms with van der Waals surface area (Å²) in [5.74, 6) is -0.563. The van der Waals surface area contributed by atoms with Gasteiger partial charge >= 0.3 is 0 Å². The monoisotopic (exact) mass is 294 g/mol. The Labute approximate surface area is 121 Å². The van der Waals surface area contributed by atoms with E-state index in [-0.39, 0.29) is 35.8 Å². The van der Waals surface area contributed by atoms with Gasteiger partial charge in [-0.3, -0.25) is 19.7 Å². The van der Waals surface area contributed by atoms with E-state index in [1.54, 1.807) is 4.57 Å². The first-order chi connectivity index (χ1) is 9.90. The van der Waals surface area contributed by atoms with Crippen molar-refractivity contribution >= 4 is 17.5 Å². The van der Waals surface area contributed by atoms with Crippen LogP contribution in [-0.4, -0.2) is 45.8 Å². The van der Waals surface area contributed by atoms with Crippen LogP contribution in [0.5, 0.6) is 0 Å². The molecule has 2 amide bonds. The number of nitrogens with zero attached hydrogens (tertiary/aromatic N) is 3. The van der Waals surface area contributed by atoms with Gasteiger partial charge in [0, 0.05) is 25.2 Å². The molecule has 114 valence electrons. The molecular formula is C13H18N4O4. The van der Waals surface area contributed by atoms with Crippen molar-refractivity contribution in [3.05, 3.63) is 28.1 Å². The van der Waals surface area contributed by atoms with Crippen LogP contribution >= 0.6 is 0 Å². The fourth-order valence-electron chi connectivity index (χ4n) is 2.30. The van der Waals surface area contributed by atoms with Crippen molar-refractivity contribution in [2.75, 3.05) is 19.6 Å². The molecule has 8 nitrogen and oxygen atoms in total. The lowest BCUT2D eigenvalue weighted by Crippen LogP contribution is -2.38. The quantitative estimate of drug-likeness (QED) is 0.662. The molecule has 0 atom stereocenters. The zero-order valence-electron chi connectivity index (χ0n) is 12.0. The molecule has 0 bridgehead atoms. The highest BCUT2D eigenvalue weighted by atomic mass is 16.6. The molecule has 1 aromatic rings. The van der Waals surface area contributed by atoms with Crippen LogP contribution < -0.4 is 5.32 Å². The molecule has 1 aliphatic rings. The number of carbonyl (C=O) groups is 2. The molecule has 8 heteroatoms. The Bertz CT molecular complexity index is 579. The van der Waals surface area contributed by atoms with Crippen molar-refractivity contribution in [3.63, 3.8) is 0 Å². The normalized spacial score (nSPS) is 15.8. The van der Waals surface area contributed by atoms with Gasteiger partial charge in [0.1, 0.15) is 5.69 Å². The van der Waals surface area contributed by atoms with Gasteiger partial charge in [-0.2, -0.15) is 0 Å². The van der Waals surface area contributed by atoms with Gasteiger partial charge < -0.3 is 14.8 Å². The maximum absolute atomic E-state index is 12.6. The molecule has 0 saturated carbocycles. The Hall–Kier alpha value is -2.38. The minimum atomic E-state index is -0.523. The summed E-state index contributed by atoms with van der Waals surface area (Å²) in [5, 5.41) is 13.6. The van der Waals surface area contributed by atoms with Crippen molar-refractivity contribution < 1.29 is 14.5 Å². The minimum Gasteiger partial charge on any atom is -0.354 e. The number of aromatic nitrogens is 1. The first kappa shape index (κ1) is 15.0. The molecule has 0 unspecified atom stereocenters. The van der Waals surface area contributed by atoms with E-state index in [0.29, 0.717) is 19.5 Å². The number of hydrogen-bond acceptors (Lipinski definition) is 4. The topological polar surface area (TPSA) is 97.5 Å². The van der Waals surface area contributed by atoms with Crippen LogP contribution in [0, 0.1) is 10.1 Å². The third kappa shape index (κ3) is 3.21. The molecule has 1 aliphatic heterocycles. The van der Waals surface area contributed by atoms with E-state index in [9.17, 15) is 19.7 Å². The highest BCUT2D eigenvalue weighted by Gasteiger charge is 2.26. The second-order valence-corrected chi connectivity index (χ2v) is 5.27. The summed E-state index contributed by atoms with van der Waals surface area (Å²) in [7, 11) is 0. The Kier molecular flexibility index (Phi) is 4.25. The number of carbonyl (C=O) groups excluding carboxylic acids is 2. The van der Waals surface area contributed by atoms with Gasteiger partial charge in [0.05, 0.1) is 17.7 Å². The third-order valence-corrected chi connectivity index (χ3v) is 3.37. The van der Waals surface area contributed by atoms with E-state index in [2.05, 4.69) is 5.32 Å². The summed E-state index contributed by atoms with van der Waals surface area (Å²) < 4.78 is 1.57. The second-order valence-electron chi connectivity index (χ2n) is 5.27. The molecule has 1 saturated heterocycles. The first-order valence-corrected chi connectivity index (χ1v) is 6.82. The SMILES string of the molecule is CC(C)n1cc([N+](=O)[O-])cc1C(=O)N1CCCNC(=O)C1. The molecule has 2 heterocycles. The maximum Gasteiger partial charge on any atom is 0.287 e. The van der Waals surface area contributed by atoms with Crippen LogP contribution in [0.15, 0.2) is 12.3 Å². The molecule has 0 aliphatic carbocycles. The number of nitro groups is 1. The summed E-state index contributed by atoms with van der Waals surface area (Å²) in [4.78, 5) is 35.9. The van der Waals surface area contributed by atoms with Gasteiger partial charge in [0.2, 0.25) is 5.91 Å². The highest BCUT2D eigenvalue weighted by molar-refractivity contribution is 5.96.